The van der Waals surface area contributed by atoms with E-state index in [2.05, 4.69) is 22.4 Å². The van der Waals surface area contributed by atoms with Gasteiger partial charge < -0.3 is 5.32 Å². The average Bonchev–Trinajstić information content (AvgIpc) is 2.27. The quantitative estimate of drug-likeness (QED) is 0.836. The Kier molecular flexibility index (Phi) is 3.65. The first kappa shape index (κ1) is 11.2. The number of rotatable bonds is 3. The molecule has 0 amide bonds. The molecule has 82 valence electrons. The maximum atomic E-state index is 5.80. The summed E-state index contributed by atoms with van der Waals surface area (Å²) in [5.41, 5.74) is 2.07. The van der Waals surface area contributed by atoms with E-state index in [0.29, 0.717) is 10.3 Å². The summed E-state index contributed by atoms with van der Waals surface area (Å²) in [6.45, 7) is 0.734. The van der Waals surface area contributed by atoms with Crippen molar-refractivity contribution in [3.05, 3.63) is 58.3 Å². The summed E-state index contributed by atoms with van der Waals surface area (Å²) >= 11 is 11.6. The lowest BCUT2D eigenvalue weighted by Crippen LogP contribution is -1.99. The van der Waals surface area contributed by atoms with Gasteiger partial charge in [-0.1, -0.05) is 53.5 Å². The standard InChI is InChI=1S/C12H10Cl2N2/c13-11-6-10(7-12(14)16-11)15-8-9-4-2-1-3-5-9/h1-7H,8H2,(H,15,16). The van der Waals surface area contributed by atoms with Gasteiger partial charge in [0.1, 0.15) is 10.3 Å². The number of aromatic nitrogens is 1. The molecule has 4 heteroatoms. The van der Waals surface area contributed by atoms with Gasteiger partial charge in [-0.05, 0) is 17.7 Å². The molecule has 1 N–H and O–H groups in total. The van der Waals surface area contributed by atoms with Gasteiger partial charge in [0.15, 0.2) is 0 Å². The molecule has 0 spiro atoms. The zero-order valence-corrected chi connectivity index (χ0v) is 9.96. The SMILES string of the molecule is Clc1cc(NCc2ccccc2)cc(Cl)n1. The number of hydrogen-bond acceptors (Lipinski definition) is 2. The summed E-state index contributed by atoms with van der Waals surface area (Å²) in [5.74, 6) is 0. The second-order valence-corrected chi connectivity index (χ2v) is 4.11. The summed E-state index contributed by atoms with van der Waals surface area (Å²) in [6, 6.07) is 13.6. The van der Waals surface area contributed by atoms with E-state index in [1.807, 2.05) is 18.2 Å². The number of pyridine rings is 1. The number of benzene rings is 1. The number of nitrogens with one attached hydrogen (secondary N) is 1. The van der Waals surface area contributed by atoms with Crippen LogP contribution in [0.25, 0.3) is 0 Å². The first-order chi connectivity index (χ1) is 7.74. The molecule has 0 aliphatic heterocycles. The van der Waals surface area contributed by atoms with Crippen molar-refractivity contribution in [1.82, 2.24) is 4.98 Å². The lowest BCUT2D eigenvalue weighted by atomic mass is 10.2. The van der Waals surface area contributed by atoms with Crippen molar-refractivity contribution in [1.29, 1.82) is 0 Å². The predicted octanol–water partition coefficient (Wildman–Crippen LogP) is 4.00. The van der Waals surface area contributed by atoms with E-state index >= 15 is 0 Å². The number of nitrogens with zero attached hydrogens (tertiary/aromatic N) is 1. The van der Waals surface area contributed by atoms with Crippen LogP contribution in [0.4, 0.5) is 5.69 Å². The molecule has 1 aromatic heterocycles. The Balaban J connectivity index is 2.05. The van der Waals surface area contributed by atoms with Crippen molar-refractivity contribution < 1.29 is 0 Å². The molecule has 16 heavy (non-hydrogen) atoms. The minimum atomic E-state index is 0.392. The van der Waals surface area contributed by atoms with Crippen molar-refractivity contribution >= 4 is 28.9 Å². The molecule has 1 heterocycles. The molecule has 0 atom stereocenters. The van der Waals surface area contributed by atoms with Crippen molar-refractivity contribution in [3.8, 4) is 0 Å². The fourth-order valence-electron chi connectivity index (χ4n) is 1.37. The van der Waals surface area contributed by atoms with Crippen molar-refractivity contribution in [2.45, 2.75) is 6.54 Å². The van der Waals surface area contributed by atoms with Gasteiger partial charge in [0.2, 0.25) is 0 Å². The fraction of sp³-hybridized carbons (Fsp3) is 0.0833. The molecule has 2 rings (SSSR count). The van der Waals surface area contributed by atoms with Crippen LogP contribution in [0.3, 0.4) is 0 Å². The maximum absolute atomic E-state index is 5.80. The predicted molar refractivity (Wildman–Crippen MR) is 68.0 cm³/mol. The van der Waals surface area contributed by atoms with Crippen LogP contribution in [-0.2, 0) is 6.54 Å². The summed E-state index contributed by atoms with van der Waals surface area (Å²) in [6.07, 6.45) is 0. The molecule has 2 nitrogen and oxygen atoms in total. The van der Waals surface area contributed by atoms with Crippen LogP contribution in [0.1, 0.15) is 5.56 Å². The molecule has 0 radical (unpaired) electrons. The van der Waals surface area contributed by atoms with Gasteiger partial charge >= 0.3 is 0 Å². The van der Waals surface area contributed by atoms with Crippen LogP contribution >= 0.6 is 23.2 Å². The lowest BCUT2D eigenvalue weighted by Gasteiger charge is -2.06. The lowest BCUT2D eigenvalue weighted by molar-refractivity contribution is 1.14. The summed E-state index contributed by atoms with van der Waals surface area (Å²) in [4.78, 5) is 3.88. The molecule has 1 aromatic carbocycles. The van der Waals surface area contributed by atoms with Gasteiger partial charge in [0.25, 0.3) is 0 Å². The van der Waals surface area contributed by atoms with E-state index in [4.69, 9.17) is 23.2 Å². The highest BCUT2D eigenvalue weighted by Crippen LogP contribution is 2.19. The van der Waals surface area contributed by atoms with E-state index in [-0.39, 0.29) is 0 Å². The van der Waals surface area contributed by atoms with Gasteiger partial charge in [0, 0.05) is 12.2 Å². The molecule has 0 saturated heterocycles. The first-order valence-electron chi connectivity index (χ1n) is 4.85. The van der Waals surface area contributed by atoms with Crippen LogP contribution < -0.4 is 5.32 Å². The Labute approximate surface area is 104 Å². The molecule has 0 fully saturated rings. The minimum absolute atomic E-state index is 0.392. The van der Waals surface area contributed by atoms with E-state index in [0.717, 1.165) is 12.2 Å². The first-order valence-corrected chi connectivity index (χ1v) is 5.60. The topological polar surface area (TPSA) is 24.9 Å². The molecule has 2 aromatic rings. The Bertz CT molecular complexity index is 451. The normalized spacial score (nSPS) is 10.1. The van der Waals surface area contributed by atoms with Crippen molar-refractivity contribution in [3.63, 3.8) is 0 Å². The molecule has 0 saturated carbocycles. The Morgan fingerprint density at radius 2 is 1.62 bits per heavy atom. The van der Waals surface area contributed by atoms with Crippen LogP contribution in [0.2, 0.25) is 10.3 Å². The zero-order chi connectivity index (χ0) is 11.4. The average molecular weight is 253 g/mol. The van der Waals surface area contributed by atoms with E-state index in [1.54, 1.807) is 12.1 Å². The molecule has 0 unspecified atom stereocenters. The highest BCUT2D eigenvalue weighted by molar-refractivity contribution is 6.32. The van der Waals surface area contributed by atoms with Crippen LogP contribution in [-0.4, -0.2) is 4.98 Å². The smallest absolute Gasteiger partial charge is 0.132 e. The molecule has 0 aliphatic carbocycles. The molecular weight excluding hydrogens is 243 g/mol. The third-order valence-electron chi connectivity index (χ3n) is 2.10. The molecule has 0 aliphatic rings. The summed E-state index contributed by atoms with van der Waals surface area (Å²) in [7, 11) is 0. The Morgan fingerprint density at radius 3 is 2.25 bits per heavy atom. The highest BCUT2D eigenvalue weighted by atomic mass is 35.5. The van der Waals surface area contributed by atoms with Gasteiger partial charge in [-0.25, -0.2) is 4.98 Å². The third kappa shape index (κ3) is 3.12. The van der Waals surface area contributed by atoms with Crippen LogP contribution in [0.15, 0.2) is 42.5 Å². The molecule has 0 bridgehead atoms. The monoisotopic (exact) mass is 252 g/mol. The van der Waals surface area contributed by atoms with E-state index < -0.39 is 0 Å². The Morgan fingerprint density at radius 1 is 1.00 bits per heavy atom. The largest absolute Gasteiger partial charge is 0.381 e. The molecular formula is C12H10Cl2N2. The van der Waals surface area contributed by atoms with Gasteiger partial charge in [-0.2, -0.15) is 0 Å². The summed E-state index contributed by atoms with van der Waals surface area (Å²) < 4.78 is 0. The Hall–Kier alpha value is -1.25. The van der Waals surface area contributed by atoms with Crippen molar-refractivity contribution in [2.24, 2.45) is 0 Å². The van der Waals surface area contributed by atoms with Gasteiger partial charge in [-0.3, -0.25) is 0 Å². The fourth-order valence-corrected chi connectivity index (χ4v) is 1.83. The number of hydrogen-bond donors (Lipinski definition) is 1. The van der Waals surface area contributed by atoms with E-state index in [9.17, 15) is 0 Å². The second-order valence-electron chi connectivity index (χ2n) is 3.34. The minimum Gasteiger partial charge on any atom is -0.381 e. The van der Waals surface area contributed by atoms with Crippen LogP contribution in [0.5, 0.6) is 0 Å². The van der Waals surface area contributed by atoms with E-state index in [1.165, 1.54) is 5.56 Å². The number of halogens is 2. The van der Waals surface area contributed by atoms with Crippen LogP contribution in [0, 0.1) is 0 Å². The van der Waals surface area contributed by atoms with Gasteiger partial charge in [-0.15, -0.1) is 0 Å². The third-order valence-corrected chi connectivity index (χ3v) is 2.49. The van der Waals surface area contributed by atoms with Gasteiger partial charge in [0.05, 0.1) is 0 Å². The zero-order valence-electron chi connectivity index (χ0n) is 8.45. The number of anilines is 1. The highest BCUT2D eigenvalue weighted by Gasteiger charge is 1.99. The maximum Gasteiger partial charge on any atom is 0.132 e. The van der Waals surface area contributed by atoms with Crippen molar-refractivity contribution in [2.75, 3.05) is 5.32 Å². The second kappa shape index (κ2) is 5.19. The summed E-state index contributed by atoms with van der Waals surface area (Å²) in [5, 5.41) is 4.02.